The first-order chi connectivity index (χ1) is 8.78. The zero-order valence-corrected chi connectivity index (χ0v) is 11.6. The van der Waals surface area contributed by atoms with Crippen molar-refractivity contribution in [3.05, 3.63) is 45.3 Å². The molecule has 5 heteroatoms. The van der Waals surface area contributed by atoms with Gasteiger partial charge in [0.1, 0.15) is 23.0 Å². The highest BCUT2D eigenvalue weighted by molar-refractivity contribution is 6.31. The third-order valence-electron chi connectivity index (χ3n) is 2.35. The number of halogens is 1. The van der Waals surface area contributed by atoms with Gasteiger partial charge in [-0.15, -0.1) is 0 Å². The Morgan fingerprint density at radius 1 is 1.32 bits per heavy atom. The summed E-state index contributed by atoms with van der Waals surface area (Å²) in [6.07, 6.45) is 1.12. The van der Waals surface area contributed by atoms with E-state index in [4.69, 9.17) is 20.8 Å². The summed E-state index contributed by atoms with van der Waals surface area (Å²) < 4.78 is 10.4. The molecule has 0 radical (unpaired) electrons. The molecule has 2 aromatic rings. The van der Waals surface area contributed by atoms with Crippen molar-refractivity contribution < 1.29 is 13.9 Å². The lowest BCUT2D eigenvalue weighted by atomic mass is 10.1. The smallest absolute Gasteiger partial charge is 0.345 e. The Kier molecular flexibility index (Phi) is 3.37. The number of benzene rings is 1. The molecule has 0 fully saturated rings. The predicted molar refractivity (Wildman–Crippen MR) is 72.7 cm³/mol. The Bertz CT molecular complexity index is 695. The molecule has 0 bridgehead atoms. The molecular weight excluding hydrogens is 268 g/mol. The van der Waals surface area contributed by atoms with Gasteiger partial charge in [-0.3, -0.25) is 4.79 Å². The molecule has 0 atom stereocenters. The Morgan fingerprint density at radius 3 is 2.63 bits per heavy atom. The normalized spacial score (nSPS) is 11.6. The molecule has 1 aromatic carbocycles. The van der Waals surface area contributed by atoms with E-state index >= 15 is 0 Å². The average molecular weight is 281 g/mol. The summed E-state index contributed by atoms with van der Waals surface area (Å²) in [5.41, 5.74) is -0.878. The van der Waals surface area contributed by atoms with Crippen molar-refractivity contribution in [2.24, 2.45) is 0 Å². The van der Waals surface area contributed by atoms with Gasteiger partial charge in [0.2, 0.25) is 5.43 Å². The molecule has 2 rings (SSSR count). The molecule has 0 spiro atoms. The van der Waals surface area contributed by atoms with E-state index in [0.717, 1.165) is 6.26 Å². The van der Waals surface area contributed by atoms with Crippen LogP contribution >= 0.6 is 11.6 Å². The first kappa shape index (κ1) is 13.6. The van der Waals surface area contributed by atoms with Gasteiger partial charge >= 0.3 is 5.97 Å². The zero-order valence-electron chi connectivity index (χ0n) is 10.8. The first-order valence-electron chi connectivity index (χ1n) is 5.72. The van der Waals surface area contributed by atoms with Crippen LogP contribution < -0.4 is 5.43 Å². The zero-order chi connectivity index (χ0) is 14.2. The molecular formula is C14H13ClO4. The minimum absolute atomic E-state index is 0.135. The summed E-state index contributed by atoms with van der Waals surface area (Å²) in [4.78, 5) is 24.1. The van der Waals surface area contributed by atoms with Crippen LogP contribution in [0.2, 0.25) is 5.02 Å². The molecule has 0 aliphatic rings. The Hall–Kier alpha value is -1.81. The van der Waals surface area contributed by atoms with E-state index in [1.165, 1.54) is 6.07 Å². The maximum absolute atomic E-state index is 12.2. The van der Waals surface area contributed by atoms with Crippen molar-refractivity contribution in [1.82, 2.24) is 0 Å². The molecule has 0 saturated heterocycles. The standard InChI is InChI=1S/C14H13ClO4/c1-14(2,3)19-13(17)10-7-18-11-5-4-8(15)6-9(11)12(10)16/h4-7H,1-3H3. The van der Waals surface area contributed by atoms with Crippen LogP contribution in [0.25, 0.3) is 11.0 Å². The highest BCUT2D eigenvalue weighted by Crippen LogP contribution is 2.18. The van der Waals surface area contributed by atoms with E-state index in [-0.39, 0.29) is 10.9 Å². The quantitative estimate of drug-likeness (QED) is 0.751. The van der Waals surface area contributed by atoms with E-state index in [1.807, 2.05) is 0 Å². The fourth-order valence-electron chi connectivity index (χ4n) is 1.58. The van der Waals surface area contributed by atoms with Crippen LogP contribution in [0.5, 0.6) is 0 Å². The van der Waals surface area contributed by atoms with Crippen LogP contribution in [0.3, 0.4) is 0 Å². The summed E-state index contributed by atoms with van der Waals surface area (Å²) in [6.45, 7) is 5.18. The number of hydrogen-bond acceptors (Lipinski definition) is 4. The van der Waals surface area contributed by atoms with Gasteiger partial charge in [0.05, 0.1) is 5.39 Å². The van der Waals surface area contributed by atoms with E-state index < -0.39 is 17.0 Å². The molecule has 0 N–H and O–H groups in total. The average Bonchev–Trinajstić information content (AvgIpc) is 2.28. The topological polar surface area (TPSA) is 56.5 Å². The molecule has 1 heterocycles. The SMILES string of the molecule is CC(C)(C)OC(=O)c1coc2ccc(Cl)cc2c1=O. The molecule has 1 aromatic heterocycles. The summed E-state index contributed by atoms with van der Waals surface area (Å²) in [5, 5.41) is 0.664. The van der Waals surface area contributed by atoms with Crippen LogP contribution in [0, 0.1) is 0 Å². The highest BCUT2D eigenvalue weighted by atomic mass is 35.5. The largest absolute Gasteiger partial charge is 0.463 e. The summed E-state index contributed by atoms with van der Waals surface area (Å²) in [7, 11) is 0. The van der Waals surface area contributed by atoms with Gasteiger partial charge in [-0.05, 0) is 39.0 Å². The van der Waals surface area contributed by atoms with Crippen molar-refractivity contribution in [2.45, 2.75) is 26.4 Å². The summed E-state index contributed by atoms with van der Waals surface area (Å²) in [6, 6.07) is 4.66. The van der Waals surface area contributed by atoms with E-state index in [9.17, 15) is 9.59 Å². The number of esters is 1. The molecule has 0 saturated carbocycles. The lowest BCUT2D eigenvalue weighted by Crippen LogP contribution is -2.27. The van der Waals surface area contributed by atoms with Gasteiger partial charge in [-0.2, -0.15) is 0 Å². The Balaban J connectivity index is 2.54. The predicted octanol–water partition coefficient (Wildman–Crippen LogP) is 3.40. The fraction of sp³-hybridized carbons (Fsp3) is 0.286. The van der Waals surface area contributed by atoms with Gasteiger partial charge in [0.15, 0.2) is 0 Å². The monoisotopic (exact) mass is 280 g/mol. The summed E-state index contributed by atoms with van der Waals surface area (Å²) >= 11 is 5.83. The molecule has 0 amide bonds. The molecule has 0 unspecified atom stereocenters. The van der Waals surface area contributed by atoms with Crippen LogP contribution in [-0.4, -0.2) is 11.6 Å². The number of ether oxygens (including phenoxy) is 1. The van der Waals surface area contributed by atoms with Crippen LogP contribution in [0.4, 0.5) is 0 Å². The van der Waals surface area contributed by atoms with Crippen molar-refractivity contribution in [1.29, 1.82) is 0 Å². The van der Waals surface area contributed by atoms with E-state index in [1.54, 1.807) is 32.9 Å². The number of carbonyl (C=O) groups excluding carboxylic acids is 1. The number of rotatable bonds is 1. The molecule has 19 heavy (non-hydrogen) atoms. The lowest BCUT2D eigenvalue weighted by molar-refractivity contribution is 0.00661. The highest BCUT2D eigenvalue weighted by Gasteiger charge is 2.21. The number of hydrogen-bond donors (Lipinski definition) is 0. The van der Waals surface area contributed by atoms with Crippen LogP contribution in [-0.2, 0) is 4.74 Å². The van der Waals surface area contributed by atoms with E-state index in [0.29, 0.717) is 10.6 Å². The lowest BCUT2D eigenvalue weighted by Gasteiger charge is -2.19. The van der Waals surface area contributed by atoms with Gasteiger partial charge in [0.25, 0.3) is 0 Å². The third-order valence-corrected chi connectivity index (χ3v) is 2.59. The van der Waals surface area contributed by atoms with Crippen LogP contribution in [0.1, 0.15) is 31.1 Å². The van der Waals surface area contributed by atoms with Crippen molar-refractivity contribution in [3.8, 4) is 0 Å². The Morgan fingerprint density at radius 2 is 2.00 bits per heavy atom. The van der Waals surface area contributed by atoms with Crippen molar-refractivity contribution in [3.63, 3.8) is 0 Å². The fourth-order valence-corrected chi connectivity index (χ4v) is 1.75. The van der Waals surface area contributed by atoms with Gasteiger partial charge in [-0.25, -0.2) is 4.79 Å². The second-order valence-corrected chi connectivity index (χ2v) is 5.56. The van der Waals surface area contributed by atoms with Gasteiger partial charge in [-0.1, -0.05) is 11.6 Å². The van der Waals surface area contributed by atoms with Crippen LogP contribution in [0.15, 0.2) is 33.7 Å². The first-order valence-corrected chi connectivity index (χ1v) is 6.10. The number of fused-ring (bicyclic) bond motifs is 1. The van der Waals surface area contributed by atoms with Gasteiger partial charge in [0, 0.05) is 5.02 Å². The summed E-state index contributed by atoms with van der Waals surface area (Å²) in [5.74, 6) is -0.705. The van der Waals surface area contributed by atoms with Crippen molar-refractivity contribution in [2.75, 3.05) is 0 Å². The molecule has 4 nitrogen and oxygen atoms in total. The number of carbonyl (C=O) groups is 1. The molecule has 100 valence electrons. The Labute approximate surface area is 114 Å². The van der Waals surface area contributed by atoms with Crippen molar-refractivity contribution >= 4 is 28.5 Å². The second kappa shape index (κ2) is 4.70. The maximum Gasteiger partial charge on any atom is 0.345 e. The molecule has 0 aliphatic heterocycles. The third kappa shape index (κ3) is 2.96. The van der Waals surface area contributed by atoms with E-state index in [2.05, 4.69) is 0 Å². The maximum atomic E-state index is 12.2. The second-order valence-electron chi connectivity index (χ2n) is 5.12. The minimum Gasteiger partial charge on any atom is -0.463 e. The van der Waals surface area contributed by atoms with Gasteiger partial charge < -0.3 is 9.15 Å². The molecule has 0 aliphatic carbocycles. The minimum atomic E-state index is -0.705.